The van der Waals surface area contributed by atoms with Crippen LogP contribution < -0.4 is 5.73 Å². The van der Waals surface area contributed by atoms with E-state index >= 15 is 0 Å². The van der Waals surface area contributed by atoms with Crippen molar-refractivity contribution in [3.8, 4) is 11.1 Å². The molecule has 1 aromatic heterocycles. The predicted molar refractivity (Wildman–Crippen MR) is 86.8 cm³/mol. The highest BCUT2D eigenvalue weighted by Crippen LogP contribution is 2.38. The highest BCUT2D eigenvalue weighted by atomic mass is 19.4. The van der Waals surface area contributed by atoms with Gasteiger partial charge in [0, 0.05) is 6.07 Å². The number of hydrogen-bond acceptors (Lipinski definition) is 4. The maximum absolute atomic E-state index is 13.6. The van der Waals surface area contributed by atoms with Gasteiger partial charge < -0.3 is 10.5 Å². The summed E-state index contributed by atoms with van der Waals surface area (Å²) in [6, 6.07) is 2.60. The quantitative estimate of drug-likeness (QED) is 0.484. The number of nitrogens with two attached hydrogens (primary N) is 1. The lowest BCUT2D eigenvalue weighted by Gasteiger charge is -2.08. The summed E-state index contributed by atoms with van der Waals surface area (Å²) in [7, 11) is 0. The minimum atomic E-state index is -4.74. The van der Waals surface area contributed by atoms with E-state index in [9.17, 15) is 26.7 Å². The van der Waals surface area contributed by atoms with E-state index in [1.807, 2.05) is 0 Å². The zero-order chi connectivity index (χ0) is 20.4. The summed E-state index contributed by atoms with van der Waals surface area (Å²) in [6.07, 6.45) is -5.43. The number of hydrogen-bond donors (Lipinski definition) is 1. The second-order valence-electron chi connectivity index (χ2n) is 5.76. The number of rotatable bonds is 4. The van der Waals surface area contributed by atoms with Crippen molar-refractivity contribution in [3.05, 3.63) is 35.5 Å². The molecule has 0 unspecified atom stereocenters. The highest BCUT2D eigenvalue weighted by molar-refractivity contribution is 5.85. The standard InChI is InChI=1S/C16H15F5N4O2/c1-8(2)13-12(9-3-10(17)5-11(18)4-9)14(23-7-22)25(24-13)15(26)27-6-16(19,20)21/h3-5,7-8H,6H2,1-2H3,(H2,22,23). The van der Waals surface area contributed by atoms with Crippen molar-refractivity contribution in [3.63, 3.8) is 0 Å². The van der Waals surface area contributed by atoms with E-state index in [1.54, 1.807) is 13.8 Å². The molecule has 0 saturated carbocycles. The normalized spacial score (nSPS) is 12.1. The lowest BCUT2D eigenvalue weighted by atomic mass is 9.99. The summed E-state index contributed by atoms with van der Waals surface area (Å²) in [5.41, 5.74) is 5.47. The predicted octanol–water partition coefficient (Wildman–Crippen LogP) is 4.12. The van der Waals surface area contributed by atoms with Crippen LogP contribution in [0.3, 0.4) is 0 Å². The van der Waals surface area contributed by atoms with Crippen LogP contribution in [-0.4, -0.2) is 35.0 Å². The largest absolute Gasteiger partial charge is 0.438 e. The molecular formula is C16H15F5N4O2. The van der Waals surface area contributed by atoms with Gasteiger partial charge in [0.05, 0.1) is 17.6 Å². The van der Waals surface area contributed by atoms with Crippen LogP contribution in [0, 0.1) is 11.6 Å². The van der Waals surface area contributed by atoms with Crippen LogP contribution in [-0.2, 0) is 4.74 Å². The average molecular weight is 390 g/mol. The minimum Gasteiger partial charge on any atom is -0.438 e. The maximum atomic E-state index is 13.6. The number of aromatic nitrogens is 2. The van der Waals surface area contributed by atoms with Gasteiger partial charge in [0.2, 0.25) is 0 Å². The fraction of sp³-hybridized carbons (Fsp3) is 0.312. The first-order valence-corrected chi connectivity index (χ1v) is 7.61. The van der Waals surface area contributed by atoms with Gasteiger partial charge in [0.15, 0.2) is 12.4 Å². The van der Waals surface area contributed by atoms with Crippen LogP contribution in [0.25, 0.3) is 11.1 Å². The summed E-state index contributed by atoms with van der Waals surface area (Å²) in [5.74, 6) is -2.46. The maximum Gasteiger partial charge on any atom is 0.437 e. The van der Waals surface area contributed by atoms with Gasteiger partial charge in [-0.2, -0.15) is 18.3 Å². The van der Waals surface area contributed by atoms with Gasteiger partial charge in [0.25, 0.3) is 0 Å². The van der Waals surface area contributed by atoms with E-state index in [0.29, 0.717) is 10.7 Å². The van der Waals surface area contributed by atoms with Gasteiger partial charge in [-0.15, -0.1) is 4.68 Å². The number of aliphatic imine (C=N–C) groups is 1. The zero-order valence-electron chi connectivity index (χ0n) is 14.2. The fourth-order valence-corrected chi connectivity index (χ4v) is 2.33. The summed E-state index contributed by atoms with van der Waals surface area (Å²) >= 11 is 0. The highest BCUT2D eigenvalue weighted by Gasteiger charge is 2.32. The van der Waals surface area contributed by atoms with Crippen molar-refractivity contribution in [1.82, 2.24) is 9.78 Å². The van der Waals surface area contributed by atoms with Crippen molar-refractivity contribution in [1.29, 1.82) is 0 Å². The second kappa shape index (κ2) is 7.72. The molecule has 0 aliphatic heterocycles. The zero-order valence-corrected chi connectivity index (χ0v) is 14.2. The van der Waals surface area contributed by atoms with Crippen LogP contribution in [0.15, 0.2) is 23.2 Å². The van der Waals surface area contributed by atoms with Crippen LogP contribution in [0.4, 0.5) is 32.6 Å². The molecule has 27 heavy (non-hydrogen) atoms. The lowest BCUT2D eigenvalue weighted by molar-refractivity contribution is -0.160. The molecule has 0 bridgehead atoms. The molecule has 2 N–H and O–H groups in total. The Morgan fingerprint density at radius 1 is 1.30 bits per heavy atom. The number of nitrogens with zero attached hydrogens (tertiary/aromatic N) is 3. The minimum absolute atomic E-state index is 0.00771. The Bertz CT molecular complexity index is 854. The number of carbonyl (C=O) groups is 1. The number of halogens is 5. The third-order valence-corrected chi connectivity index (χ3v) is 3.32. The molecule has 2 aromatic rings. The van der Waals surface area contributed by atoms with Crippen LogP contribution in [0.5, 0.6) is 0 Å². The van der Waals surface area contributed by atoms with Crippen molar-refractivity contribution < 1.29 is 31.5 Å². The van der Waals surface area contributed by atoms with Crippen molar-refractivity contribution in [2.75, 3.05) is 6.61 Å². The molecule has 2 rings (SSSR count). The first-order chi connectivity index (χ1) is 12.5. The number of alkyl halides is 3. The summed E-state index contributed by atoms with van der Waals surface area (Å²) in [4.78, 5) is 15.8. The summed E-state index contributed by atoms with van der Waals surface area (Å²) in [6.45, 7) is 1.50. The monoisotopic (exact) mass is 390 g/mol. The molecule has 1 heterocycles. The van der Waals surface area contributed by atoms with E-state index in [4.69, 9.17) is 5.73 Å². The lowest BCUT2D eigenvalue weighted by Crippen LogP contribution is -2.24. The van der Waals surface area contributed by atoms with Gasteiger partial charge in [-0.3, -0.25) is 0 Å². The Balaban J connectivity index is 2.64. The van der Waals surface area contributed by atoms with Crippen LogP contribution in [0.1, 0.15) is 25.5 Å². The molecule has 0 atom stereocenters. The van der Waals surface area contributed by atoms with E-state index < -0.39 is 30.5 Å². The van der Waals surface area contributed by atoms with Gasteiger partial charge >= 0.3 is 12.3 Å². The van der Waals surface area contributed by atoms with Gasteiger partial charge in [-0.1, -0.05) is 13.8 Å². The molecule has 0 aliphatic rings. The molecule has 6 nitrogen and oxygen atoms in total. The van der Waals surface area contributed by atoms with Crippen LogP contribution >= 0.6 is 0 Å². The van der Waals surface area contributed by atoms with E-state index in [2.05, 4.69) is 14.8 Å². The SMILES string of the molecule is CC(C)c1nn(C(=O)OCC(F)(F)F)c(/N=C\N)c1-c1cc(F)cc(F)c1. The Morgan fingerprint density at radius 2 is 1.89 bits per heavy atom. The molecule has 0 fully saturated rings. The third kappa shape index (κ3) is 4.80. The Labute approximate surface area is 150 Å². The molecule has 0 radical (unpaired) electrons. The third-order valence-electron chi connectivity index (χ3n) is 3.32. The van der Waals surface area contributed by atoms with Crippen LogP contribution in [0.2, 0.25) is 0 Å². The average Bonchev–Trinajstić information content (AvgIpc) is 2.91. The van der Waals surface area contributed by atoms with E-state index in [1.165, 1.54) is 0 Å². The Morgan fingerprint density at radius 3 is 2.37 bits per heavy atom. The molecule has 0 aliphatic carbocycles. The smallest absolute Gasteiger partial charge is 0.437 e. The first-order valence-electron chi connectivity index (χ1n) is 7.61. The van der Waals surface area contributed by atoms with Crippen molar-refractivity contribution in [2.24, 2.45) is 10.7 Å². The first kappa shape index (κ1) is 20.3. The van der Waals surface area contributed by atoms with Crippen molar-refractivity contribution >= 4 is 18.2 Å². The van der Waals surface area contributed by atoms with Gasteiger partial charge in [-0.25, -0.2) is 18.6 Å². The van der Waals surface area contributed by atoms with E-state index in [0.717, 1.165) is 18.5 Å². The van der Waals surface area contributed by atoms with Crippen molar-refractivity contribution in [2.45, 2.75) is 25.9 Å². The molecule has 0 saturated heterocycles. The molecule has 11 heteroatoms. The topological polar surface area (TPSA) is 82.5 Å². The molecular weight excluding hydrogens is 375 g/mol. The van der Waals surface area contributed by atoms with Gasteiger partial charge in [-0.05, 0) is 23.6 Å². The van der Waals surface area contributed by atoms with Gasteiger partial charge in [0.1, 0.15) is 11.6 Å². The molecule has 0 amide bonds. The number of benzene rings is 1. The van der Waals surface area contributed by atoms with E-state index in [-0.39, 0.29) is 28.6 Å². The summed E-state index contributed by atoms with van der Waals surface area (Å²) in [5, 5.41) is 3.93. The molecule has 146 valence electrons. The number of carbonyl (C=O) groups excluding carboxylic acids is 1. The summed E-state index contributed by atoms with van der Waals surface area (Å²) < 4.78 is 68.8. The Hall–Kier alpha value is -2.98. The second-order valence-corrected chi connectivity index (χ2v) is 5.76. The number of ether oxygens (including phenoxy) is 1. The molecule has 1 aromatic carbocycles. The molecule has 0 spiro atoms. The fourth-order valence-electron chi connectivity index (χ4n) is 2.33. The Kier molecular flexibility index (Phi) is 5.82.